The Bertz CT molecular complexity index is 1060. The molecule has 0 saturated carbocycles. The van der Waals surface area contributed by atoms with Crippen molar-refractivity contribution in [1.29, 1.82) is 0 Å². The smallest absolute Gasteiger partial charge is 0.274 e. The molecule has 1 N–H and O–H groups in total. The van der Waals surface area contributed by atoms with Gasteiger partial charge in [-0.15, -0.1) is 0 Å². The van der Waals surface area contributed by atoms with Gasteiger partial charge >= 0.3 is 0 Å². The summed E-state index contributed by atoms with van der Waals surface area (Å²) in [5.41, 5.74) is 0.904. The number of hydrogen-bond donors (Lipinski definition) is 1. The molecule has 0 unspecified atom stereocenters. The Morgan fingerprint density at radius 1 is 1.19 bits per heavy atom. The molecule has 1 aliphatic rings. The molecule has 136 valence electrons. The van der Waals surface area contributed by atoms with E-state index in [0.29, 0.717) is 29.8 Å². The van der Waals surface area contributed by atoms with Gasteiger partial charge in [-0.05, 0) is 18.2 Å². The van der Waals surface area contributed by atoms with Crippen molar-refractivity contribution >= 4 is 27.0 Å². The lowest BCUT2D eigenvalue weighted by molar-refractivity contribution is 0.0691. The first-order chi connectivity index (χ1) is 12.5. The molecule has 0 aromatic carbocycles. The summed E-state index contributed by atoms with van der Waals surface area (Å²) in [5, 5.41) is 4.68. The zero-order chi connectivity index (χ0) is 18.3. The van der Waals surface area contributed by atoms with Crippen molar-refractivity contribution in [3.63, 3.8) is 0 Å². The number of rotatable bonds is 3. The largest absolute Gasteiger partial charge is 0.345 e. The molecular formula is C16H18N6O3S. The number of carbonyl (C=O) groups is 1. The van der Waals surface area contributed by atoms with Gasteiger partial charge in [0.05, 0.1) is 0 Å². The second-order valence-electron chi connectivity index (χ2n) is 6.12. The summed E-state index contributed by atoms with van der Waals surface area (Å²) in [4.78, 5) is 21.3. The molecule has 4 rings (SSSR count). The van der Waals surface area contributed by atoms with E-state index < -0.39 is 10.0 Å². The molecule has 3 aromatic heterocycles. The van der Waals surface area contributed by atoms with Crippen LogP contribution in [-0.4, -0.2) is 69.5 Å². The van der Waals surface area contributed by atoms with E-state index in [2.05, 4.69) is 15.1 Å². The van der Waals surface area contributed by atoms with Gasteiger partial charge in [0.2, 0.25) is 10.0 Å². The number of aromatic nitrogens is 4. The van der Waals surface area contributed by atoms with Crippen molar-refractivity contribution in [2.75, 3.05) is 26.2 Å². The predicted molar refractivity (Wildman–Crippen MR) is 94.0 cm³/mol. The van der Waals surface area contributed by atoms with Crippen LogP contribution in [0.15, 0.2) is 41.7 Å². The SMILES string of the molecule is Cn1ccc(C(=O)N2CCN(S(=O)(=O)c3c[nH]c4ncccc34)CC2)n1. The van der Waals surface area contributed by atoms with E-state index >= 15 is 0 Å². The fourth-order valence-corrected chi connectivity index (χ4v) is 4.68. The summed E-state index contributed by atoms with van der Waals surface area (Å²) in [7, 11) is -1.90. The van der Waals surface area contributed by atoms with Gasteiger partial charge < -0.3 is 9.88 Å². The third-order valence-corrected chi connectivity index (χ3v) is 6.43. The molecule has 0 bridgehead atoms. The van der Waals surface area contributed by atoms with E-state index in [1.165, 1.54) is 10.5 Å². The molecule has 1 fully saturated rings. The van der Waals surface area contributed by atoms with Gasteiger partial charge in [0.15, 0.2) is 0 Å². The van der Waals surface area contributed by atoms with Crippen LogP contribution in [-0.2, 0) is 17.1 Å². The minimum atomic E-state index is -3.65. The Kier molecular flexibility index (Phi) is 4.00. The molecule has 3 aromatic rings. The zero-order valence-electron chi connectivity index (χ0n) is 14.2. The first kappa shape index (κ1) is 16.7. The Hall–Kier alpha value is -2.72. The molecule has 9 nitrogen and oxygen atoms in total. The minimum absolute atomic E-state index is 0.182. The molecular weight excluding hydrogens is 356 g/mol. The number of piperazine rings is 1. The monoisotopic (exact) mass is 374 g/mol. The lowest BCUT2D eigenvalue weighted by atomic mass is 10.3. The Morgan fingerprint density at radius 3 is 2.65 bits per heavy atom. The lowest BCUT2D eigenvalue weighted by Crippen LogP contribution is -2.50. The zero-order valence-corrected chi connectivity index (χ0v) is 15.0. The van der Waals surface area contributed by atoms with Crippen molar-refractivity contribution in [2.24, 2.45) is 7.05 Å². The van der Waals surface area contributed by atoms with Crippen LogP contribution in [0.4, 0.5) is 0 Å². The molecule has 0 atom stereocenters. The second kappa shape index (κ2) is 6.22. The first-order valence-electron chi connectivity index (χ1n) is 8.18. The van der Waals surface area contributed by atoms with Gasteiger partial charge in [-0.25, -0.2) is 13.4 Å². The van der Waals surface area contributed by atoms with Gasteiger partial charge in [-0.1, -0.05) is 0 Å². The average Bonchev–Trinajstić information content (AvgIpc) is 3.28. The maximum absolute atomic E-state index is 13.0. The summed E-state index contributed by atoms with van der Waals surface area (Å²) >= 11 is 0. The maximum atomic E-state index is 13.0. The topological polar surface area (TPSA) is 104 Å². The molecule has 1 amide bonds. The summed E-state index contributed by atoms with van der Waals surface area (Å²) in [5.74, 6) is -0.182. The van der Waals surface area contributed by atoms with Crippen LogP contribution in [0.1, 0.15) is 10.5 Å². The Labute approximate surface area is 150 Å². The quantitative estimate of drug-likeness (QED) is 0.716. The van der Waals surface area contributed by atoms with Crippen molar-refractivity contribution in [2.45, 2.75) is 4.90 Å². The first-order valence-corrected chi connectivity index (χ1v) is 9.62. The van der Waals surface area contributed by atoms with Gasteiger partial charge in [0.1, 0.15) is 16.2 Å². The predicted octanol–water partition coefficient (Wildman–Crippen LogP) is 0.443. The van der Waals surface area contributed by atoms with Crippen LogP contribution in [0.25, 0.3) is 11.0 Å². The van der Waals surface area contributed by atoms with Crippen molar-refractivity contribution in [3.8, 4) is 0 Å². The Morgan fingerprint density at radius 2 is 1.96 bits per heavy atom. The van der Waals surface area contributed by atoms with Crippen molar-refractivity contribution < 1.29 is 13.2 Å². The number of hydrogen-bond acceptors (Lipinski definition) is 5. The normalized spacial score (nSPS) is 16.3. The number of aromatic amines is 1. The lowest BCUT2D eigenvalue weighted by Gasteiger charge is -2.33. The van der Waals surface area contributed by atoms with Gasteiger partial charge in [0.25, 0.3) is 5.91 Å². The third-order valence-electron chi connectivity index (χ3n) is 4.49. The van der Waals surface area contributed by atoms with Gasteiger partial charge in [0, 0.05) is 57.2 Å². The highest BCUT2D eigenvalue weighted by Gasteiger charge is 2.32. The number of sulfonamides is 1. The molecule has 4 heterocycles. The molecule has 26 heavy (non-hydrogen) atoms. The van der Waals surface area contributed by atoms with Crippen LogP contribution >= 0.6 is 0 Å². The fraction of sp³-hybridized carbons (Fsp3) is 0.312. The van der Waals surface area contributed by atoms with Crippen molar-refractivity contribution in [1.82, 2.24) is 29.0 Å². The summed E-state index contributed by atoms with van der Waals surface area (Å²) in [6.45, 7) is 1.15. The highest BCUT2D eigenvalue weighted by molar-refractivity contribution is 7.89. The molecule has 0 aliphatic carbocycles. The molecule has 1 saturated heterocycles. The summed E-state index contributed by atoms with van der Waals surface area (Å²) in [6, 6.07) is 5.09. The van der Waals surface area contributed by atoms with Gasteiger partial charge in [-0.3, -0.25) is 9.48 Å². The van der Waals surface area contributed by atoms with E-state index in [4.69, 9.17) is 0 Å². The third kappa shape index (κ3) is 2.76. The molecule has 0 spiro atoms. The van der Waals surface area contributed by atoms with Crippen LogP contribution < -0.4 is 0 Å². The standard InChI is InChI=1S/C16H18N6O3S/c1-20-6-4-13(19-20)16(23)21-7-9-22(10-8-21)26(24,25)14-11-18-15-12(14)3-2-5-17-15/h2-6,11H,7-10H2,1H3,(H,17,18). The number of fused-ring (bicyclic) bond motifs is 1. The number of aryl methyl sites for hydroxylation is 1. The van der Waals surface area contributed by atoms with E-state index in [0.717, 1.165) is 0 Å². The van der Waals surface area contributed by atoms with Gasteiger partial charge in [-0.2, -0.15) is 9.40 Å². The van der Waals surface area contributed by atoms with E-state index in [1.807, 2.05) is 0 Å². The summed E-state index contributed by atoms with van der Waals surface area (Å²) < 4.78 is 28.9. The highest BCUT2D eigenvalue weighted by Crippen LogP contribution is 2.25. The van der Waals surface area contributed by atoms with Crippen molar-refractivity contribution in [3.05, 3.63) is 42.5 Å². The number of H-pyrrole nitrogens is 1. The molecule has 1 aliphatic heterocycles. The highest BCUT2D eigenvalue weighted by atomic mass is 32.2. The number of pyridine rings is 1. The number of nitrogens with one attached hydrogen (secondary N) is 1. The molecule has 0 radical (unpaired) electrons. The summed E-state index contributed by atoms with van der Waals surface area (Å²) in [6.07, 6.45) is 4.79. The molecule has 10 heteroatoms. The second-order valence-corrected chi connectivity index (χ2v) is 8.03. The average molecular weight is 374 g/mol. The van der Waals surface area contributed by atoms with Crippen LogP contribution in [0.5, 0.6) is 0 Å². The fourth-order valence-electron chi connectivity index (χ4n) is 3.11. The maximum Gasteiger partial charge on any atom is 0.274 e. The van der Waals surface area contributed by atoms with Crippen LogP contribution in [0.3, 0.4) is 0 Å². The number of carbonyl (C=O) groups excluding carboxylic acids is 1. The van der Waals surface area contributed by atoms with Crippen LogP contribution in [0, 0.1) is 0 Å². The van der Waals surface area contributed by atoms with Crippen LogP contribution in [0.2, 0.25) is 0 Å². The van der Waals surface area contributed by atoms with E-state index in [1.54, 1.807) is 47.2 Å². The Balaban J connectivity index is 1.51. The van der Waals surface area contributed by atoms with E-state index in [-0.39, 0.29) is 23.9 Å². The minimum Gasteiger partial charge on any atom is -0.345 e. The number of nitrogens with zero attached hydrogens (tertiary/aromatic N) is 5. The number of amides is 1. The van der Waals surface area contributed by atoms with E-state index in [9.17, 15) is 13.2 Å².